The second kappa shape index (κ2) is 6.36. The van der Waals surface area contributed by atoms with Crippen molar-refractivity contribution in [1.82, 2.24) is 0 Å². The number of hydrogen-bond donors (Lipinski definition) is 1. The van der Waals surface area contributed by atoms with Gasteiger partial charge >= 0.3 is 0 Å². The molecule has 0 aliphatic carbocycles. The van der Waals surface area contributed by atoms with Crippen molar-refractivity contribution in [2.45, 2.75) is 6.42 Å². The molecule has 1 N–H and O–H groups in total. The van der Waals surface area contributed by atoms with E-state index in [1.54, 1.807) is 12.1 Å². The number of hydrogen-bond acceptors (Lipinski definition) is 1. The van der Waals surface area contributed by atoms with E-state index in [0.717, 1.165) is 17.4 Å². The summed E-state index contributed by atoms with van der Waals surface area (Å²) >= 11 is 3.41. The first-order valence-electron chi connectivity index (χ1n) is 5.81. The summed E-state index contributed by atoms with van der Waals surface area (Å²) in [7, 11) is 0. The van der Waals surface area contributed by atoms with E-state index >= 15 is 0 Å². The van der Waals surface area contributed by atoms with Crippen LogP contribution < -0.4 is 5.32 Å². The summed E-state index contributed by atoms with van der Waals surface area (Å²) in [5.41, 5.74) is 2.74. The highest BCUT2D eigenvalue weighted by atomic mass is 79.9. The van der Waals surface area contributed by atoms with Crippen LogP contribution in [0.2, 0.25) is 0 Å². The minimum atomic E-state index is -0.0798. The summed E-state index contributed by atoms with van der Waals surface area (Å²) in [6.45, 7) is 0. The Labute approximate surface area is 115 Å². The van der Waals surface area contributed by atoms with Crippen LogP contribution in [-0.2, 0) is 6.42 Å². The molecule has 0 bridgehead atoms. The Morgan fingerprint density at radius 3 is 2.28 bits per heavy atom. The minimum absolute atomic E-state index is 0.0798. The van der Waals surface area contributed by atoms with Crippen LogP contribution in [0.4, 0.5) is 5.69 Å². The molecule has 2 nitrogen and oxygen atoms in total. The molecule has 2 aromatic rings. The van der Waals surface area contributed by atoms with Gasteiger partial charge in [-0.2, -0.15) is 0 Å². The number of aryl methyl sites for hydroxylation is 1. The van der Waals surface area contributed by atoms with E-state index in [0.29, 0.717) is 5.56 Å². The molecule has 18 heavy (non-hydrogen) atoms. The zero-order valence-electron chi connectivity index (χ0n) is 9.90. The van der Waals surface area contributed by atoms with Crippen LogP contribution in [0.1, 0.15) is 15.9 Å². The van der Waals surface area contributed by atoms with Gasteiger partial charge in [0.15, 0.2) is 0 Å². The largest absolute Gasteiger partial charge is 0.322 e. The lowest BCUT2D eigenvalue weighted by Gasteiger charge is -2.06. The highest BCUT2D eigenvalue weighted by molar-refractivity contribution is 9.09. The molecular formula is C15H14BrNO. The molecule has 0 unspecified atom stereocenters. The van der Waals surface area contributed by atoms with Crippen LogP contribution >= 0.6 is 15.9 Å². The average Bonchev–Trinajstić information content (AvgIpc) is 2.42. The quantitative estimate of drug-likeness (QED) is 0.853. The number of alkyl halides is 1. The monoisotopic (exact) mass is 303 g/mol. The van der Waals surface area contributed by atoms with Crippen molar-refractivity contribution in [2.75, 3.05) is 10.6 Å². The maximum absolute atomic E-state index is 11.9. The van der Waals surface area contributed by atoms with Gasteiger partial charge in [0.2, 0.25) is 0 Å². The third-order valence-electron chi connectivity index (χ3n) is 2.63. The number of halogens is 1. The summed E-state index contributed by atoms with van der Waals surface area (Å²) in [5.74, 6) is -0.0798. The minimum Gasteiger partial charge on any atom is -0.322 e. The van der Waals surface area contributed by atoms with E-state index in [2.05, 4.69) is 21.2 Å². The van der Waals surface area contributed by atoms with Crippen LogP contribution in [-0.4, -0.2) is 11.2 Å². The number of nitrogens with one attached hydrogen (secondary N) is 1. The lowest BCUT2D eigenvalue weighted by atomic mass is 10.1. The Hall–Kier alpha value is -1.61. The number of rotatable bonds is 4. The number of carbonyl (C=O) groups excluding carboxylic acids is 1. The first-order chi connectivity index (χ1) is 8.79. The lowest BCUT2D eigenvalue weighted by molar-refractivity contribution is 0.102. The van der Waals surface area contributed by atoms with Crippen LogP contribution in [0.3, 0.4) is 0 Å². The van der Waals surface area contributed by atoms with E-state index in [1.165, 1.54) is 5.56 Å². The van der Waals surface area contributed by atoms with Crippen molar-refractivity contribution in [1.29, 1.82) is 0 Å². The molecule has 2 rings (SSSR count). The molecule has 0 fully saturated rings. The van der Waals surface area contributed by atoms with E-state index in [4.69, 9.17) is 0 Å². The molecule has 0 spiro atoms. The Morgan fingerprint density at radius 2 is 1.67 bits per heavy atom. The van der Waals surface area contributed by atoms with Gasteiger partial charge < -0.3 is 5.32 Å². The normalized spacial score (nSPS) is 10.1. The zero-order chi connectivity index (χ0) is 12.8. The Balaban J connectivity index is 2.03. The maximum Gasteiger partial charge on any atom is 0.255 e. The molecule has 0 aliphatic heterocycles. The van der Waals surface area contributed by atoms with Crippen molar-refractivity contribution in [2.24, 2.45) is 0 Å². The van der Waals surface area contributed by atoms with Gasteiger partial charge in [0.25, 0.3) is 5.91 Å². The van der Waals surface area contributed by atoms with Gasteiger partial charge in [-0.05, 0) is 36.2 Å². The molecule has 1 amide bonds. The van der Waals surface area contributed by atoms with Crippen molar-refractivity contribution >= 4 is 27.5 Å². The molecule has 0 aliphatic rings. The fourth-order valence-corrected chi connectivity index (χ4v) is 2.11. The van der Waals surface area contributed by atoms with E-state index in [-0.39, 0.29) is 5.91 Å². The fraction of sp³-hybridized carbons (Fsp3) is 0.133. The molecular weight excluding hydrogens is 290 g/mol. The summed E-state index contributed by atoms with van der Waals surface area (Å²) in [6, 6.07) is 17.1. The predicted octanol–water partition coefficient (Wildman–Crippen LogP) is 3.88. The van der Waals surface area contributed by atoms with Crippen LogP contribution in [0.25, 0.3) is 0 Å². The van der Waals surface area contributed by atoms with Crippen LogP contribution in [0.15, 0.2) is 54.6 Å². The molecule has 0 heterocycles. The standard InChI is InChI=1S/C15H14BrNO/c16-11-10-12-6-8-14(9-7-12)17-15(18)13-4-2-1-3-5-13/h1-9H,10-11H2,(H,17,18). The second-order valence-electron chi connectivity index (χ2n) is 3.96. The van der Waals surface area contributed by atoms with E-state index in [1.807, 2.05) is 42.5 Å². The van der Waals surface area contributed by atoms with Gasteiger partial charge in [-0.25, -0.2) is 0 Å². The summed E-state index contributed by atoms with van der Waals surface area (Å²) in [4.78, 5) is 11.9. The molecule has 0 aromatic heterocycles. The van der Waals surface area contributed by atoms with Crippen molar-refractivity contribution < 1.29 is 4.79 Å². The SMILES string of the molecule is O=C(Nc1ccc(CCBr)cc1)c1ccccc1. The molecule has 0 saturated heterocycles. The molecule has 0 radical (unpaired) electrons. The Kier molecular flexibility index (Phi) is 4.53. The molecule has 3 heteroatoms. The lowest BCUT2D eigenvalue weighted by Crippen LogP contribution is -2.11. The van der Waals surface area contributed by atoms with E-state index in [9.17, 15) is 4.79 Å². The first-order valence-corrected chi connectivity index (χ1v) is 6.93. The third-order valence-corrected chi connectivity index (χ3v) is 3.03. The van der Waals surface area contributed by atoms with Gasteiger partial charge in [-0.15, -0.1) is 0 Å². The summed E-state index contributed by atoms with van der Waals surface area (Å²) in [6.07, 6.45) is 0.993. The van der Waals surface area contributed by atoms with Gasteiger partial charge in [-0.1, -0.05) is 46.3 Å². The molecule has 0 saturated carbocycles. The number of carbonyl (C=O) groups is 1. The highest BCUT2D eigenvalue weighted by Gasteiger charge is 2.04. The summed E-state index contributed by atoms with van der Waals surface area (Å²) < 4.78 is 0. The van der Waals surface area contributed by atoms with Crippen LogP contribution in [0, 0.1) is 0 Å². The van der Waals surface area contributed by atoms with E-state index < -0.39 is 0 Å². The maximum atomic E-state index is 11.9. The Bertz CT molecular complexity index is 508. The van der Waals surface area contributed by atoms with Gasteiger partial charge in [0.05, 0.1) is 0 Å². The molecule has 92 valence electrons. The van der Waals surface area contributed by atoms with Gasteiger partial charge in [0, 0.05) is 16.6 Å². The first kappa shape index (κ1) is 12.8. The zero-order valence-corrected chi connectivity index (χ0v) is 11.5. The van der Waals surface area contributed by atoms with Crippen molar-refractivity contribution in [3.63, 3.8) is 0 Å². The second-order valence-corrected chi connectivity index (χ2v) is 4.75. The average molecular weight is 304 g/mol. The predicted molar refractivity (Wildman–Crippen MR) is 78.3 cm³/mol. The smallest absolute Gasteiger partial charge is 0.255 e. The topological polar surface area (TPSA) is 29.1 Å². The Morgan fingerprint density at radius 1 is 1.00 bits per heavy atom. The van der Waals surface area contributed by atoms with Gasteiger partial charge in [-0.3, -0.25) is 4.79 Å². The fourth-order valence-electron chi connectivity index (χ4n) is 1.66. The molecule has 0 atom stereocenters. The number of amides is 1. The number of benzene rings is 2. The van der Waals surface area contributed by atoms with Gasteiger partial charge in [0.1, 0.15) is 0 Å². The molecule has 2 aromatic carbocycles. The summed E-state index contributed by atoms with van der Waals surface area (Å²) in [5, 5.41) is 3.82. The van der Waals surface area contributed by atoms with Crippen molar-refractivity contribution in [3.05, 3.63) is 65.7 Å². The van der Waals surface area contributed by atoms with Crippen LogP contribution in [0.5, 0.6) is 0 Å². The number of anilines is 1. The third kappa shape index (κ3) is 3.44. The van der Waals surface area contributed by atoms with Crippen molar-refractivity contribution in [3.8, 4) is 0 Å². The highest BCUT2D eigenvalue weighted by Crippen LogP contribution is 2.12.